The van der Waals surface area contributed by atoms with E-state index in [2.05, 4.69) is 10.5 Å². The van der Waals surface area contributed by atoms with Gasteiger partial charge in [0.15, 0.2) is 0 Å². The first-order valence-corrected chi connectivity index (χ1v) is 7.24. The third kappa shape index (κ3) is 4.76. The highest BCUT2D eigenvalue weighted by molar-refractivity contribution is 6.31. The number of nitrogens with zero attached hydrogens (tertiary/aromatic N) is 1. The van der Waals surface area contributed by atoms with Gasteiger partial charge in [-0.1, -0.05) is 35.3 Å². The van der Waals surface area contributed by atoms with E-state index in [0.717, 1.165) is 5.56 Å². The Bertz CT molecular complexity index is 702. The van der Waals surface area contributed by atoms with Crippen LogP contribution in [0.4, 0.5) is 0 Å². The van der Waals surface area contributed by atoms with Crippen LogP contribution in [0.25, 0.3) is 0 Å². The van der Waals surface area contributed by atoms with Gasteiger partial charge in [0.05, 0.1) is 19.7 Å². The quantitative estimate of drug-likeness (QED) is 0.668. The van der Waals surface area contributed by atoms with Crippen LogP contribution in [0.3, 0.4) is 0 Å². The Morgan fingerprint density at radius 3 is 2.82 bits per heavy atom. The second kappa shape index (κ2) is 7.82. The molecule has 0 aliphatic carbocycles. The average molecular weight is 337 g/mol. The van der Waals surface area contributed by atoms with E-state index in [1.165, 1.54) is 6.21 Å². The maximum atomic E-state index is 11.9. The number of halogens is 2. The Kier molecular flexibility index (Phi) is 5.81. The third-order valence-corrected chi connectivity index (χ3v) is 3.46. The normalized spacial score (nSPS) is 10.7. The predicted molar refractivity (Wildman–Crippen MR) is 88.9 cm³/mol. The van der Waals surface area contributed by atoms with Gasteiger partial charge < -0.3 is 4.74 Å². The fraction of sp³-hybridized carbons (Fsp3) is 0.125. The Morgan fingerprint density at radius 1 is 1.27 bits per heavy atom. The van der Waals surface area contributed by atoms with E-state index in [9.17, 15) is 4.79 Å². The molecule has 1 N–H and O–H groups in total. The third-order valence-electron chi connectivity index (χ3n) is 2.86. The fourth-order valence-electron chi connectivity index (χ4n) is 1.79. The van der Waals surface area contributed by atoms with Gasteiger partial charge >= 0.3 is 0 Å². The highest BCUT2D eigenvalue weighted by Gasteiger charge is 2.07. The van der Waals surface area contributed by atoms with Crippen LogP contribution in [0.1, 0.15) is 11.1 Å². The van der Waals surface area contributed by atoms with Crippen LogP contribution in [0.15, 0.2) is 47.6 Å². The monoisotopic (exact) mass is 336 g/mol. The molecule has 0 heterocycles. The molecule has 6 heteroatoms. The van der Waals surface area contributed by atoms with Crippen LogP contribution in [0.2, 0.25) is 10.0 Å². The number of carbonyl (C=O) groups excluding carboxylic acids is 1. The van der Waals surface area contributed by atoms with Crippen molar-refractivity contribution in [1.29, 1.82) is 0 Å². The summed E-state index contributed by atoms with van der Waals surface area (Å²) in [5, 5.41) is 5.01. The summed E-state index contributed by atoms with van der Waals surface area (Å²) in [5.41, 5.74) is 3.93. The molecular weight excluding hydrogens is 323 g/mol. The van der Waals surface area contributed by atoms with Crippen LogP contribution in [-0.2, 0) is 11.2 Å². The minimum Gasteiger partial charge on any atom is -0.497 e. The Morgan fingerprint density at radius 2 is 2.09 bits per heavy atom. The molecule has 114 valence electrons. The lowest BCUT2D eigenvalue weighted by Gasteiger charge is -2.06. The number of nitrogens with one attached hydrogen (secondary N) is 1. The summed E-state index contributed by atoms with van der Waals surface area (Å²) in [6, 6.07) is 12.3. The van der Waals surface area contributed by atoms with E-state index in [-0.39, 0.29) is 12.3 Å². The Labute approximate surface area is 138 Å². The second-order valence-electron chi connectivity index (χ2n) is 4.48. The zero-order valence-electron chi connectivity index (χ0n) is 11.8. The zero-order valence-corrected chi connectivity index (χ0v) is 13.4. The number of ether oxygens (including phenoxy) is 1. The molecule has 0 unspecified atom stereocenters. The van der Waals surface area contributed by atoms with Gasteiger partial charge in [0.25, 0.3) is 0 Å². The molecule has 0 saturated carbocycles. The van der Waals surface area contributed by atoms with Gasteiger partial charge in [-0.25, -0.2) is 5.43 Å². The largest absolute Gasteiger partial charge is 0.497 e. The standard InChI is InChI=1S/C16H14Cl2N2O2/c1-22-14-5-6-15(18)12(8-14)9-16(21)20-19-10-11-3-2-4-13(17)7-11/h2-8,10H,9H2,1H3,(H,20,21)/b19-10+. The number of hydrazone groups is 1. The van der Waals surface area contributed by atoms with Crippen LogP contribution in [0.5, 0.6) is 5.75 Å². The lowest BCUT2D eigenvalue weighted by atomic mass is 10.1. The lowest BCUT2D eigenvalue weighted by Crippen LogP contribution is -2.20. The van der Waals surface area contributed by atoms with Crippen molar-refractivity contribution in [1.82, 2.24) is 5.43 Å². The van der Waals surface area contributed by atoms with Crippen molar-refractivity contribution in [3.63, 3.8) is 0 Å². The molecule has 0 radical (unpaired) electrons. The first kappa shape index (κ1) is 16.3. The average Bonchev–Trinajstić information content (AvgIpc) is 2.49. The minimum absolute atomic E-state index is 0.114. The van der Waals surface area contributed by atoms with Gasteiger partial charge in [0.2, 0.25) is 5.91 Å². The molecule has 0 aliphatic rings. The van der Waals surface area contributed by atoms with E-state index < -0.39 is 0 Å². The van der Waals surface area contributed by atoms with Crippen LogP contribution in [0, 0.1) is 0 Å². The van der Waals surface area contributed by atoms with Crippen molar-refractivity contribution < 1.29 is 9.53 Å². The highest BCUT2D eigenvalue weighted by atomic mass is 35.5. The van der Waals surface area contributed by atoms with Gasteiger partial charge in [-0.2, -0.15) is 5.10 Å². The van der Waals surface area contributed by atoms with Crippen molar-refractivity contribution in [2.75, 3.05) is 7.11 Å². The molecule has 0 saturated heterocycles. The number of hydrogen-bond acceptors (Lipinski definition) is 3. The zero-order chi connectivity index (χ0) is 15.9. The predicted octanol–water partition coefficient (Wildman–Crippen LogP) is 3.69. The number of benzene rings is 2. The van der Waals surface area contributed by atoms with Crippen LogP contribution >= 0.6 is 23.2 Å². The molecule has 0 spiro atoms. The van der Waals surface area contributed by atoms with E-state index in [4.69, 9.17) is 27.9 Å². The van der Waals surface area contributed by atoms with E-state index in [1.54, 1.807) is 37.4 Å². The van der Waals surface area contributed by atoms with Crippen LogP contribution in [-0.4, -0.2) is 19.2 Å². The molecule has 1 amide bonds. The van der Waals surface area contributed by atoms with Crippen molar-refractivity contribution in [3.05, 3.63) is 63.6 Å². The number of hydrogen-bond donors (Lipinski definition) is 1. The number of carbonyl (C=O) groups is 1. The summed E-state index contributed by atoms with van der Waals surface area (Å²) in [5.74, 6) is 0.378. The maximum absolute atomic E-state index is 11.9. The summed E-state index contributed by atoms with van der Waals surface area (Å²) in [7, 11) is 1.56. The topological polar surface area (TPSA) is 50.7 Å². The first-order valence-electron chi connectivity index (χ1n) is 6.48. The maximum Gasteiger partial charge on any atom is 0.244 e. The molecule has 2 aromatic rings. The molecular formula is C16H14Cl2N2O2. The summed E-state index contributed by atoms with van der Waals surface area (Å²) in [6.07, 6.45) is 1.64. The minimum atomic E-state index is -0.270. The van der Waals surface area contributed by atoms with E-state index in [1.807, 2.05) is 12.1 Å². The molecule has 4 nitrogen and oxygen atoms in total. The summed E-state index contributed by atoms with van der Waals surface area (Å²) >= 11 is 11.9. The van der Waals surface area contributed by atoms with Crippen LogP contribution < -0.4 is 10.2 Å². The molecule has 2 rings (SSSR count). The molecule has 22 heavy (non-hydrogen) atoms. The SMILES string of the molecule is COc1ccc(Cl)c(CC(=O)N/N=C/c2cccc(Cl)c2)c1. The van der Waals surface area contributed by atoms with Gasteiger partial charge in [-0.3, -0.25) is 4.79 Å². The van der Waals surface area contributed by atoms with Gasteiger partial charge in [-0.05, 0) is 41.5 Å². The van der Waals surface area contributed by atoms with Crippen molar-refractivity contribution >= 4 is 35.3 Å². The number of rotatable bonds is 5. The Balaban J connectivity index is 1.96. The van der Waals surface area contributed by atoms with E-state index >= 15 is 0 Å². The molecule has 0 atom stereocenters. The van der Waals surface area contributed by atoms with Crippen molar-refractivity contribution in [2.45, 2.75) is 6.42 Å². The van der Waals surface area contributed by atoms with Gasteiger partial charge in [0, 0.05) is 10.0 Å². The molecule has 2 aromatic carbocycles. The molecule has 0 aromatic heterocycles. The van der Waals surface area contributed by atoms with Crippen molar-refractivity contribution in [2.24, 2.45) is 5.10 Å². The highest BCUT2D eigenvalue weighted by Crippen LogP contribution is 2.22. The van der Waals surface area contributed by atoms with Gasteiger partial charge in [0.1, 0.15) is 5.75 Å². The van der Waals surface area contributed by atoms with Gasteiger partial charge in [-0.15, -0.1) is 0 Å². The summed E-state index contributed by atoms with van der Waals surface area (Å²) in [6.45, 7) is 0. The number of amides is 1. The molecule has 0 bridgehead atoms. The van der Waals surface area contributed by atoms with E-state index in [0.29, 0.717) is 21.4 Å². The summed E-state index contributed by atoms with van der Waals surface area (Å²) < 4.78 is 5.11. The molecule has 0 fully saturated rings. The number of methoxy groups -OCH3 is 1. The Hall–Kier alpha value is -2.04. The molecule has 0 aliphatic heterocycles. The summed E-state index contributed by atoms with van der Waals surface area (Å²) in [4.78, 5) is 11.9. The first-order chi connectivity index (χ1) is 10.6. The fourth-order valence-corrected chi connectivity index (χ4v) is 2.17. The van der Waals surface area contributed by atoms with Crippen molar-refractivity contribution in [3.8, 4) is 5.75 Å². The second-order valence-corrected chi connectivity index (χ2v) is 5.33. The smallest absolute Gasteiger partial charge is 0.244 e. The lowest BCUT2D eigenvalue weighted by molar-refractivity contribution is -0.120.